The number of carbonyl (C=O) groups excluding carboxylic acids is 1. The van der Waals surface area contributed by atoms with Crippen molar-refractivity contribution >= 4 is 17.5 Å². The Bertz CT molecular complexity index is 607. The molecule has 2 aliphatic heterocycles. The van der Waals surface area contributed by atoms with E-state index in [4.69, 9.17) is 11.6 Å². The number of aliphatic hydroxyl groups excluding tert-OH is 1. The summed E-state index contributed by atoms with van der Waals surface area (Å²) in [5.41, 5.74) is 7.29. The third-order valence-electron chi connectivity index (χ3n) is 5.43. The quantitative estimate of drug-likeness (QED) is 0.783. The Kier molecular flexibility index (Phi) is 4.05. The number of hydrogen-bond donors (Lipinski definition) is 3. The first-order valence-electron chi connectivity index (χ1n) is 8.37. The van der Waals surface area contributed by atoms with E-state index in [1.165, 1.54) is 12.8 Å². The van der Waals surface area contributed by atoms with Crippen LogP contribution in [-0.4, -0.2) is 41.1 Å². The molecule has 4 atom stereocenters. The summed E-state index contributed by atoms with van der Waals surface area (Å²) in [5, 5.41) is 10.9. The van der Waals surface area contributed by atoms with Gasteiger partial charge in [-0.1, -0.05) is 29.8 Å². The molecular weight excluding hydrogens is 314 g/mol. The number of aliphatic hydroxyl groups is 1. The van der Waals surface area contributed by atoms with Gasteiger partial charge < -0.3 is 10.0 Å². The number of hydrogen-bond acceptors (Lipinski definition) is 4. The summed E-state index contributed by atoms with van der Waals surface area (Å²) >= 11 is 6.11. The Balaban J connectivity index is 1.47. The van der Waals surface area contributed by atoms with Crippen molar-refractivity contribution in [3.05, 3.63) is 34.9 Å². The van der Waals surface area contributed by atoms with Gasteiger partial charge in [-0.15, -0.1) is 0 Å². The number of carbonyl (C=O) groups is 1. The lowest BCUT2D eigenvalue weighted by atomic mass is 9.86. The highest BCUT2D eigenvalue weighted by Crippen LogP contribution is 2.40. The fraction of sp³-hybridized carbons (Fsp3) is 0.588. The van der Waals surface area contributed by atoms with Gasteiger partial charge in [-0.2, -0.15) is 0 Å². The summed E-state index contributed by atoms with van der Waals surface area (Å²) in [6, 6.07) is 7.88. The van der Waals surface area contributed by atoms with Gasteiger partial charge in [0.25, 0.3) is 5.91 Å². The molecule has 3 fully saturated rings. The molecule has 6 heteroatoms. The fourth-order valence-electron chi connectivity index (χ4n) is 3.96. The monoisotopic (exact) mass is 335 g/mol. The Labute approximate surface area is 141 Å². The lowest BCUT2D eigenvalue weighted by molar-refractivity contribution is -0.142. The molecule has 124 valence electrons. The van der Waals surface area contributed by atoms with Crippen LogP contribution in [0.15, 0.2) is 24.3 Å². The Morgan fingerprint density at radius 3 is 2.78 bits per heavy atom. The standard InChI is InChI=1S/C17H22ClN3O2/c18-13-4-2-1-3-11(13)16(22)17(23)21-8-7-14-12(9-21)15(20-19-14)10-5-6-10/h1-4,10,12,14-16,19-20,22H,5-9H2. The first kappa shape index (κ1) is 15.4. The maximum atomic E-state index is 12.7. The Morgan fingerprint density at radius 1 is 1.26 bits per heavy atom. The van der Waals surface area contributed by atoms with Crippen LogP contribution in [-0.2, 0) is 4.79 Å². The molecule has 3 N–H and O–H groups in total. The van der Waals surface area contributed by atoms with Gasteiger partial charge in [0, 0.05) is 41.7 Å². The number of nitrogens with one attached hydrogen (secondary N) is 2. The number of benzene rings is 1. The minimum absolute atomic E-state index is 0.238. The number of halogens is 1. The van der Waals surface area contributed by atoms with Crippen molar-refractivity contribution in [2.75, 3.05) is 13.1 Å². The van der Waals surface area contributed by atoms with E-state index in [0.717, 1.165) is 12.3 Å². The SMILES string of the molecule is O=C(C(O)c1ccccc1Cl)N1CCC2NNC(C3CC3)C2C1. The molecule has 2 heterocycles. The van der Waals surface area contributed by atoms with Gasteiger partial charge in [-0.3, -0.25) is 15.6 Å². The number of hydrazine groups is 1. The van der Waals surface area contributed by atoms with Gasteiger partial charge >= 0.3 is 0 Å². The molecule has 1 aromatic rings. The molecule has 1 saturated carbocycles. The predicted molar refractivity (Wildman–Crippen MR) is 87.7 cm³/mol. The fourth-order valence-corrected chi connectivity index (χ4v) is 4.20. The average Bonchev–Trinajstić information content (AvgIpc) is 3.33. The van der Waals surface area contributed by atoms with Gasteiger partial charge in [-0.25, -0.2) is 0 Å². The van der Waals surface area contributed by atoms with Gasteiger partial charge in [0.15, 0.2) is 6.10 Å². The molecule has 5 nitrogen and oxygen atoms in total. The number of amides is 1. The first-order valence-corrected chi connectivity index (χ1v) is 8.75. The summed E-state index contributed by atoms with van der Waals surface area (Å²) in [6.07, 6.45) is 2.29. The van der Waals surface area contributed by atoms with E-state index >= 15 is 0 Å². The maximum Gasteiger partial charge on any atom is 0.256 e. The van der Waals surface area contributed by atoms with Crippen molar-refractivity contribution in [1.82, 2.24) is 15.8 Å². The van der Waals surface area contributed by atoms with E-state index in [9.17, 15) is 9.90 Å². The number of piperidine rings is 1. The zero-order valence-corrected chi connectivity index (χ0v) is 13.7. The molecule has 0 aromatic heterocycles. The molecule has 4 unspecified atom stereocenters. The average molecular weight is 336 g/mol. The molecule has 1 aliphatic carbocycles. The van der Waals surface area contributed by atoms with E-state index in [2.05, 4.69) is 10.9 Å². The summed E-state index contributed by atoms with van der Waals surface area (Å²) in [4.78, 5) is 14.5. The van der Waals surface area contributed by atoms with Crippen LogP contribution < -0.4 is 10.9 Å². The molecule has 0 spiro atoms. The van der Waals surface area contributed by atoms with Crippen molar-refractivity contribution in [3.63, 3.8) is 0 Å². The zero-order valence-electron chi connectivity index (χ0n) is 12.9. The van der Waals surface area contributed by atoms with Crippen LogP contribution in [0.25, 0.3) is 0 Å². The first-order chi connectivity index (χ1) is 11.1. The molecule has 2 saturated heterocycles. The van der Waals surface area contributed by atoms with Crippen molar-refractivity contribution < 1.29 is 9.90 Å². The van der Waals surface area contributed by atoms with Crippen molar-refractivity contribution in [1.29, 1.82) is 0 Å². The summed E-state index contributed by atoms with van der Waals surface area (Å²) in [5.74, 6) is 0.928. The number of likely N-dealkylation sites (tertiary alicyclic amines) is 1. The second-order valence-corrected chi connectivity index (χ2v) is 7.33. The van der Waals surface area contributed by atoms with Crippen LogP contribution in [0.5, 0.6) is 0 Å². The third-order valence-corrected chi connectivity index (χ3v) is 5.77. The van der Waals surface area contributed by atoms with E-state index in [0.29, 0.717) is 41.7 Å². The lowest BCUT2D eigenvalue weighted by Gasteiger charge is -2.37. The van der Waals surface area contributed by atoms with E-state index in [1.807, 2.05) is 0 Å². The topological polar surface area (TPSA) is 64.6 Å². The molecule has 1 aromatic carbocycles. The molecule has 23 heavy (non-hydrogen) atoms. The van der Waals surface area contributed by atoms with Crippen LogP contribution >= 0.6 is 11.6 Å². The highest BCUT2D eigenvalue weighted by atomic mass is 35.5. The third kappa shape index (κ3) is 2.87. The van der Waals surface area contributed by atoms with Crippen LogP contribution in [0.3, 0.4) is 0 Å². The van der Waals surface area contributed by atoms with Gasteiger partial charge in [-0.05, 0) is 31.2 Å². The molecule has 1 amide bonds. The number of fused-ring (bicyclic) bond motifs is 1. The normalized spacial score (nSPS) is 31.7. The summed E-state index contributed by atoms with van der Waals surface area (Å²) in [7, 11) is 0. The van der Waals surface area contributed by atoms with E-state index < -0.39 is 6.10 Å². The van der Waals surface area contributed by atoms with E-state index in [1.54, 1.807) is 29.2 Å². The minimum Gasteiger partial charge on any atom is -0.378 e. The Hall–Kier alpha value is -1.14. The van der Waals surface area contributed by atoms with Gasteiger partial charge in [0.2, 0.25) is 0 Å². The van der Waals surface area contributed by atoms with Gasteiger partial charge in [0.1, 0.15) is 0 Å². The zero-order chi connectivity index (χ0) is 16.0. The van der Waals surface area contributed by atoms with E-state index in [-0.39, 0.29) is 5.91 Å². The highest BCUT2D eigenvalue weighted by Gasteiger charge is 2.47. The van der Waals surface area contributed by atoms with Crippen molar-refractivity contribution in [3.8, 4) is 0 Å². The largest absolute Gasteiger partial charge is 0.378 e. The van der Waals surface area contributed by atoms with Crippen LogP contribution in [0.2, 0.25) is 5.02 Å². The number of nitrogens with zero attached hydrogens (tertiary/aromatic N) is 1. The van der Waals surface area contributed by atoms with Crippen LogP contribution in [0.4, 0.5) is 0 Å². The van der Waals surface area contributed by atoms with Crippen LogP contribution in [0.1, 0.15) is 30.9 Å². The second kappa shape index (κ2) is 6.06. The summed E-state index contributed by atoms with van der Waals surface area (Å²) in [6.45, 7) is 1.37. The highest BCUT2D eigenvalue weighted by molar-refractivity contribution is 6.31. The lowest BCUT2D eigenvalue weighted by Crippen LogP contribution is -2.50. The smallest absolute Gasteiger partial charge is 0.256 e. The van der Waals surface area contributed by atoms with Crippen LogP contribution in [0, 0.1) is 11.8 Å². The second-order valence-electron chi connectivity index (χ2n) is 6.92. The molecule has 0 radical (unpaired) electrons. The predicted octanol–water partition coefficient (Wildman–Crippen LogP) is 1.48. The van der Waals surface area contributed by atoms with Crippen molar-refractivity contribution in [2.45, 2.75) is 37.5 Å². The minimum atomic E-state index is -1.18. The molecular formula is C17H22ClN3O2. The molecule has 4 rings (SSSR count). The van der Waals surface area contributed by atoms with Crippen molar-refractivity contribution in [2.24, 2.45) is 11.8 Å². The maximum absolute atomic E-state index is 12.7. The Morgan fingerprint density at radius 2 is 2.04 bits per heavy atom. The molecule has 3 aliphatic rings. The summed E-state index contributed by atoms with van der Waals surface area (Å²) < 4.78 is 0. The molecule has 0 bridgehead atoms. The van der Waals surface area contributed by atoms with Gasteiger partial charge in [0.05, 0.1) is 0 Å². The number of rotatable bonds is 3.